The third kappa shape index (κ3) is 6.29. The van der Waals surface area contributed by atoms with E-state index < -0.39 is 17.7 Å². The fraction of sp³-hybridized carbons (Fsp3) is 0.176. The van der Waals surface area contributed by atoms with Gasteiger partial charge in [-0.25, -0.2) is 0 Å². The monoisotopic (exact) mass is 343 g/mol. The maximum absolute atomic E-state index is 12.5. The van der Waals surface area contributed by atoms with Crippen LogP contribution in [0.25, 0.3) is 0 Å². The second-order valence-electron chi connectivity index (χ2n) is 5.11. The van der Waals surface area contributed by atoms with Crippen molar-refractivity contribution in [2.75, 3.05) is 5.32 Å². The van der Waals surface area contributed by atoms with Gasteiger partial charge in [0.2, 0.25) is 5.91 Å². The van der Waals surface area contributed by atoms with E-state index in [1.165, 1.54) is 36.4 Å². The number of amides is 1. The van der Waals surface area contributed by atoms with Gasteiger partial charge in [-0.05, 0) is 41.8 Å². The van der Waals surface area contributed by atoms with Crippen LogP contribution >= 0.6 is 0 Å². The van der Waals surface area contributed by atoms with Crippen LogP contribution in [-0.2, 0) is 17.4 Å². The number of carbonyl (C=O) groups excluding carboxylic acids is 2. The first-order chi connectivity index (χ1) is 11.3. The van der Waals surface area contributed by atoms with Crippen molar-refractivity contribution < 1.29 is 46.7 Å². The molecule has 0 aliphatic carbocycles. The minimum absolute atomic E-state index is 0. The molecule has 0 fully saturated rings. The van der Waals surface area contributed by atoms with Crippen molar-refractivity contribution in [3.8, 4) is 0 Å². The van der Waals surface area contributed by atoms with Crippen LogP contribution in [0, 0.1) is 0 Å². The zero-order chi connectivity index (χ0) is 17.7. The van der Waals surface area contributed by atoms with Gasteiger partial charge in [0.25, 0.3) is 0 Å². The normalized spacial score (nSPS) is 10.7. The average Bonchev–Trinajstić information content (AvgIpc) is 2.53. The number of hydrogen-bond donors (Lipinski definition) is 1. The summed E-state index contributed by atoms with van der Waals surface area (Å²) in [7, 11) is 0. The van der Waals surface area contributed by atoms with Gasteiger partial charge in [0.1, 0.15) is 0 Å². The summed E-state index contributed by atoms with van der Waals surface area (Å²) in [6, 6.07) is 10.2. The Morgan fingerprint density at radius 3 is 2.24 bits per heavy atom. The molecule has 8 heteroatoms. The number of anilines is 1. The zero-order valence-corrected chi connectivity index (χ0v) is 13.4. The van der Waals surface area contributed by atoms with Gasteiger partial charge in [0, 0.05) is 12.1 Å². The maximum Gasteiger partial charge on any atom is 1.00 e. The van der Waals surface area contributed by atoms with Gasteiger partial charge in [0.15, 0.2) is 0 Å². The minimum Gasteiger partial charge on any atom is -0.545 e. The van der Waals surface area contributed by atoms with E-state index in [4.69, 9.17) is 0 Å². The number of halogens is 3. The molecule has 0 aliphatic rings. The van der Waals surface area contributed by atoms with Crippen LogP contribution in [0.4, 0.5) is 18.9 Å². The minimum atomic E-state index is -4.39. The molecule has 25 heavy (non-hydrogen) atoms. The van der Waals surface area contributed by atoms with Crippen molar-refractivity contribution in [2.24, 2.45) is 0 Å². The van der Waals surface area contributed by atoms with Gasteiger partial charge in [0.05, 0.1) is 11.5 Å². The Bertz CT molecular complexity index is 746. The van der Waals surface area contributed by atoms with Crippen LogP contribution < -0.4 is 29.3 Å². The van der Waals surface area contributed by atoms with E-state index in [2.05, 4.69) is 5.32 Å². The topological polar surface area (TPSA) is 69.2 Å². The molecule has 1 N–H and O–H groups in total. The standard InChI is InChI=1S/C17H14F3NO3.Li/c18-17(19,20)13-7-4-11(5-8-13)6-9-15(22)21-14-3-1-2-12(10-14)16(23)24;/h1-5,7-8,10H,6,9H2,(H,21,22)(H,23,24);/q;+1/p-1. The number of carbonyl (C=O) groups is 2. The van der Waals surface area contributed by atoms with E-state index >= 15 is 0 Å². The van der Waals surface area contributed by atoms with Crippen LogP contribution in [0.15, 0.2) is 48.5 Å². The molecule has 0 aromatic heterocycles. The van der Waals surface area contributed by atoms with Crippen LogP contribution in [-0.4, -0.2) is 11.9 Å². The predicted octanol–water partition coefficient (Wildman–Crippen LogP) is -0.356. The van der Waals surface area contributed by atoms with Gasteiger partial charge < -0.3 is 15.2 Å². The predicted molar refractivity (Wildman–Crippen MR) is 79.2 cm³/mol. The number of alkyl halides is 3. The zero-order valence-electron chi connectivity index (χ0n) is 13.4. The molecule has 0 heterocycles. The largest absolute Gasteiger partial charge is 1.00 e. The Kier molecular flexibility index (Phi) is 7.28. The fourth-order valence-electron chi connectivity index (χ4n) is 2.07. The van der Waals surface area contributed by atoms with E-state index in [0.29, 0.717) is 11.3 Å². The van der Waals surface area contributed by atoms with Gasteiger partial charge in [-0.1, -0.05) is 24.3 Å². The van der Waals surface area contributed by atoms with E-state index in [0.717, 1.165) is 12.1 Å². The van der Waals surface area contributed by atoms with Crippen molar-refractivity contribution in [1.82, 2.24) is 0 Å². The number of nitrogens with one attached hydrogen (secondary N) is 1. The van der Waals surface area contributed by atoms with Gasteiger partial charge >= 0.3 is 25.0 Å². The smallest absolute Gasteiger partial charge is 0.545 e. The third-order valence-electron chi connectivity index (χ3n) is 3.30. The molecule has 0 saturated heterocycles. The Labute approximate surface area is 154 Å². The first-order valence-corrected chi connectivity index (χ1v) is 7.03. The molecule has 0 bridgehead atoms. The molecule has 2 aromatic rings. The average molecular weight is 343 g/mol. The molecular weight excluding hydrogens is 330 g/mol. The van der Waals surface area contributed by atoms with Crippen LogP contribution in [0.3, 0.4) is 0 Å². The van der Waals surface area contributed by atoms with E-state index in [9.17, 15) is 27.9 Å². The molecule has 0 unspecified atom stereocenters. The van der Waals surface area contributed by atoms with Crippen molar-refractivity contribution in [3.63, 3.8) is 0 Å². The first-order valence-electron chi connectivity index (χ1n) is 7.03. The second-order valence-corrected chi connectivity index (χ2v) is 5.11. The third-order valence-corrected chi connectivity index (χ3v) is 3.30. The summed E-state index contributed by atoms with van der Waals surface area (Å²) in [5.74, 6) is -1.72. The Morgan fingerprint density at radius 1 is 1.04 bits per heavy atom. The van der Waals surface area contributed by atoms with E-state index in [1.54, 1.807) is 0 Å². The Hall–Kier alpha value is -2.23. The Morgan fingerprint density at radius 2 is 1.68 bits per heavy atom. The molecule has 2 rings (SSSR count). The Balaban J connectivity index is 0.00000312. The quantitative estimate of drug-likeness (QED) is 0.755. The summed E-state index contributed by atoms with van der Waals surface area (Å²) in [5, 5.41) is 13.3. The molecular formula is C17H13F3LiNO3. The van der Waals surface area contributed by atoms with Crippen LogP contribution in [0.2, 0.25) is 0 Å². The summed E-state index contributed by atoms with van der Waals surface area (Å²) < 4.78 is 37.4. The number of rotatable bonds is 5. The number of aromatic carboxylic acids is 1. The van der Waals surface area contributed by atoms with Crippen LogP contribution in [0.1, 0.15) is 27.9 Å². The number of benzene rings is 2. The molecule has 2 aromatic carbocycles. The maximum atomic E-state index is 12.5. The summed E-state index contributed by atoms with van der Waals surface area (Å²) in [6.07, 6.45) is -4.06. The first kappa shape index (κ1) is 20.8. The number of hydrogen-bond acceptors (Lipinski definition) is 3. The summed E-state index contributed by atoms with van der Waals surface area (Å²) >= 11 is 0. The van der Waals surface area contributed by atoms with E-state index in [1.807, 2.05) is 0 Å². The van der Waals surface area contributed by atoms with Crippen molar-refractivity contribution in [1.29, 1.82) is 0 Å². The van der Waals surface area contributed by atoms with Crippen molar-refractivity contribution >= 4 is 17.6 Å². The van der Waals surface area contributed by atoms with Gasteiger partial charge in [-0.2, -0.15) is 13.2 Å². The molecule has 1 amide bonds. The molecule has 4 nitrogen and oxygen atoms in total. The molecule has 0 saturated carbocycles. The van der Waals surface area contributed by atoms with Crippen molar-refractivity contribution in [2.45, 2.75) is 19.0 Å². The number of aryl methyl sites for hydroxylation is 1. The molecule has 0 spiro atoms. The second kappa shape index (κ2) is 8.74. The van der Waals surface area contributed by atoms with E-state index in [-0.39, 0.29) is 43.2 Å². The molecule has 0 radical (unpaired) electrons. The van der Waals surface area contributed by atoms with Crippen LogP contribution in [0.5, 0.6) is 0 Å². The van der Waals surface area contributed by atoms with Gasteiger partial charge in [-0.3, -0.25) is 4.79 Å². The molecule has 0 aliphatic heterocycles. The summed E-state index contributed by atoms with van der Waals surface area (Å²) in [5.41, 5.74) is 0.112. The SMILES string of the molecule is O=C(CCc1ccc(C(F)(F)F)cc1)Nc1cccc(C(=O)[O-])c1.[Li+]. The number of carboxylic acid groups (broad SMARTS) is 1. The molecule has 0 atom stereocenters. The summed E-state index contributed by atoms with van der Waals surface area (Å²) in [4.78, 5) is 22.6. The molecule has 126 valence electrons. The fourth-order valence-corrected chi connectivity index (χ4v) is 2.07. The number of carboxylic acids is 1. The van der Waals surface area contributed by atoms with Gasteiger partial charge in [-0.15, -0.1) is 0 Å². The van der Waals surface area contributed by atoms with Crippen molar-refractivity contribution in [3.05, 3.63) is 65.2 Å². The summed E-state index contributed by atoms with van der Waals surface area (Å²) in [6.45, 7) is 0.